The molecule has 0 aromatic heterocycles. The molecule has 2 aromatic rings. The van der Waals surface area contributed by atoms with Gasteiger partial charge in [-0.05, 0) is 48.4 Å². The number of primary amides is 1. The Morgan fingerprint density at radius 2 is 2.12 bits per heavy atom. The molecule has 0 aliphatic carbocycles. The third-order valence-corrected chi connectivity index (χ3v) is 5.19. The van der Waals surface area contributed by atoms with E-state index in [4.69, 9.17) is 22.1 Å². The Bertz CT molecular complexity index is 813. The average Bonchev–Trinajstić information content (AvgIpc) is 2.61. The standard InChI is InChI=1S/C18H17ClN2O3S/c19-12-4-5-16-14(9-12)15(6-7-25-16)21-17(22)10-24-13-3-1-2-11(8-13)18(20)23/h1-5,8-9,15H,6-7,10H2,(H2,20,23)(H,21,22). The monoisotopic (exact) mass is 376 g/mol. The van der Waals surface area contributed by atoms with Crippen molar-refractivity contribution in [3.05, 3.63) is 58.6 Å². The van der Waals surface area contributed by atoms with Crippen molar-refractivity contribution in [3.63, 3.8) is 0 Å². The van der Waals surface area contributed by atoms with Gasteiger partial charge in [0.05, 0.1) is 6.04 Å². The Balaban J connectivity index is 1.61. The van der Waals surface area contributed by atoms with Crippen LogP contribution in [0.2, 0.25) is 5.02 Å². The van der Waals surface area contributed by atoms with Crippen molar-refractivity contribution in [2.45, 2.75) is 17.4 Å². The number of ether oxygens (including phenoxy) is 1. The summed E-state index contributed by atoms with van der Waals surface area (Å²) in [6, 6.07) is 12.1. The summed E-state index contributed by atoms with van der Waals surface area (Å²) in [4.78, 5) is 24.5. The second-order valence-electron chi connectivity index (χ2n) is 5.62. The molecule has 0 spiro atoms. The number of nitrogens with two attached hydrogens (primary N) is 1. The van der Waals surface area contributed by atoms with Crippen molar-refractivity contribution < 1.29 is 14.3 Å². The smallest absolute Gasteiger partial charge is 0.258 e. The fourth-order valence-corrected chi connectivity index (χ4v) is 3.93. The first-order valence-electron chi connectivity index (χ1n) is 7.77. The maximum absolute atomic E-state index is 12.2. The number of hydrogen-bond acceptors (Lipinski definition) is 4. The van der Waals surface area contributed by atoms with Gasteiger partial charge in [-0.25, -0.2) is 0 Å². The van der Waals surface area contributed by atoms with Crippen LogP contribution < -0.4 is 15.8 Å². The largest absolute Gasteiger partial charge is 0.484 e. The lowest BCUT2D eigenvalue weighted by Gasteiger charge is -2.26. The van der Waals surface area contributed by atoms with Gasteiger partial charge in [-0.3, -0.25) is 9.59 Å². The summed E-state index contributed by atoms with van der Waals surface area (Å²) < 4.78 is 5.46. The second kappa shape index (κ2) is 7.80. The van der Waals surface area contributed by atoms with Crippen LogP contribution in [0.25, 0.3) is 0 Å². The summed E-state index contributed by atoms with van der Waals surface area (Å²) in [5.74, 6) is 0.589. The minimum Gasteiger partial charge on any atom is -0.484 e. The molecule has 1 heterocycles. The molecule has 5 nitrogen and oxygen atoms in total. The minimum atomic E-state index is -0.539. The van der Waals surface area contributed by atoms with Gasteiger partial charge in [-0.1, -0.05) is 17.7 Å². The molecular formula is C18H17ClN2O3S. The summed E-state index contributed by atoms with van der Waals surface area (Å²) in [5, 5.41) is 3.64. The van der Waals surface area contributed by atoms with Gasteiger partial charge in [-0.2, -0.15) is 0 Å². The molecule has 0 bridgehead atoms. The lowest BCUT2D eigenvalue weighted by atomic mass is 10.0. The highest BCUT2D eigenvalue weighted by Gasteiger charge is 2.22. The van der Waals surface area contributed by atoms with Crippen LogP contribution in [0.4, 0.5) is 0 Å². The molecule has 3 rings (SSSR count). The number of fused-ring (bicyclic) bond motifs is 1. The molecule has 0 saturated carbocycles. The quantitative estimate of drug-likeness (QED) is 0.839. The number of rotatable bonds is 5. The fraction of sp³-hybridized carbons (Fsp3) is 0.222. The molecule has 0 saturated heterocycles. The average molecular weight is 377 g/mol. The molecule has 1 aliphatic heterocycles. The molecule has 0 radical (unpaired) electrons. The molecule has 130 valence electrons. The van der Waals surface area contributed by atoms with E-state index in [9.17, 15) is 9.59 Å². The highest BCUT2D eigenvalue weighted by Crippen LogP contribution is 2.37. The highest BCUT2D eigenvalue weighted by atomic mass is 35.5. The van der Waals surface area contributed by atoms with Crippen molar-refractivity contribution in [1.29, 1.82) is 0 Å². The van der Waals surface area contributed by atoms with Gasteiger partial charge >= 0.3 is 0 Å². The summed E-state index contributed by atoms with van der Waals surface area (Å²) in [7, 11) is 0. The van der Waals surface area contributed by atoms with Gasteiger partial charge in [0.1, 0.15) is 5.75 Å². The van der Waals surface area contributed by atoms with Crippen LogP contribution >= 0.6 is 23.4 Å². The first-order valence-corrected chi connectivity index (χ1v) is 9.13. The maximum atomic E-state index is 12.2. The summed E-state index contributed by atoms with van der Waals surface area (Å²) in [6.45, 7) is -0.137. The first kappa shape index (κ1) is 17.6. The Labute approximate surface area is 154 Å². The Morgan fingerprint density at radius 3 is 2.92 bits per heavy atom. The lowest BCUT2D eigenvalue weighted by molar-refractivity contribution is -0.123. The van der Waals surface area contributed by atoms with Crippen molar-refractivity contribution in [3.8, 4) is 5.75 Å². The van der Waals surface area contributed by atoms with Crippen LogP contribution in [0.15, 0.2) is 47.4 Å². The van der Waals surface area contributed by atoms with Crippen LogP contribution in [-0.2, 0) is 4.79 Å². The minimum absolute atomic E-state index is 0.0806. The molecule has 25 heavy (non-hydrogen) atoms. The Morgan fingerprint density at radius 1 is 1.28 bits per heavy atom. The molecule has 2 amide bonds. The normalized spacial score (nSPS) is 16.0. The summed E-state index contributed by atoms with van der Waals surface area (Å²) in [5.41, 5.74) is 6.61. The number of benzene rings is 2. The van der Waals surface area contributed by atoms with Gasteiger partial charge in [0.2, 0.25) is 5.91 Å². The van der Waals surface area contributed by atoms with Crippen LogP contribution in [0.5, 0.6) is 5.75 Å². The third-order valence-electron chi connectivity index (χ3n) is 3.84. The van der Waals surface area contributed by atoms with Crippen molar-refractivity contribution in [2.75, 3.05) is 12.4 Å². The van der Waals surface area contributed by atoms with Crippen LogP contribution in [0.1, 0.15) is 28.4 Å². The molecule has 3 N–H and O–H groups in total. The Hall–Kier alpha value is -2.18. The predicted molar refractivity (Wildman–Crippen MR) is 98.1 cm³/mol. The number of amides is 2. The number of hydrogen-bond donors (Lipinski definition) is 2. The molecule has 2 aromatic carbocycles. The van der Waals surface area contributed by atoms with E-state index in [1.54, 1.807) is 30.0 Å². The van der Waals surface area contributed by atoms with Crippen molar-refractivity contribution in [1.82, 2.24) is 5.32 Å². The maximum Gasteiger partial charge on any atom is 0.258 e. The highest BCUT2D eigenvalue weighted by molar-refractivity contribution is 7.99. The summed E-state index contributed by atoms with van der Waals surface area (Å²) in [6.07, 6.45) is 0.834. The molecule has 0 fully saturated rings. The van der Waals surface area contributed by atoms with Crippen LogP contribution in [-0.4, -0.2) is 24.2 Å². The zero-order chi connectivity index (χ0) is 17.8. The molecule has 1 aliphatic rings. The number of carbonyl (C=O) groups excluding carboxylic acids is 2. The van der Waals surface area contributed by atoms with E-state index in [0.717, 1.165) is 22.6 Å². The van der Waals surface area contributed by atoms with Gasteiger partial charge < -0.3 is 15.8 Å². The van der Waals surface area contributed by atoms with Crippen molar-refractivity contribution >= 4 is 35.2 Å². The zero-order valence-corrected chi connectivity index (χ0v) is 14.9. The zero-order valence-electron chi connectivity index (χ0n) is 13.3. The second-order valence-corrected chi connectivity index (χ2v) is 7.19. The van der Waals surface area contributed by atoms with E-state index in [-0.39, 0.29) is 18.6 Å². The Kier molecular flexibility index (Phi) is 5.50. The van der Waals surface area contributed by atoms with Gasteiger partial charge in [0, 0.05) is 21.2 Å². The number of carbonyl (C=O) groups is 2. The van der Waals surface area contributed by atoms with Gasteiger partial charge in [0.25, 0.3) is 5.91 Å². The van der Waals surface area contributed by atoms with Gasteiger partial charge in [-0.15, -0.1) is 11.8 Å². The first-order chi connectivity index (χ1) is 12.0. The SMILES string of the molecule is NC(=O)c1cccc(OCC(=O)NC2CCSc3ccc(Cl)cc32)c1. The van der Waals surface area contributed by atoms with E-state index in [1.807, 2.05) is 18.2 Å². The number of halogens is 1. The van der Waals surface area contributed by atoms with Crippen LogP contribution in [0, 0.1) is 0 Å². The topological polar surface area (TPSA) is 81.4 Å². The lowest BCUT2D eigenvalue weighted by Crippen LogP contribution is -2.34. The number of nitrogens with one attached hydrogen (secondary N) is 1. The van der Waals surface area contributed by atoms with Crippen molar-refractivity contribution in [2.24, 2.45) is 5.73 Å². The van der Waals surface area contributed by atoms with Gasteiger partial charge in [0.15, 0.2) is 6.61 Å². The molecule has 1 atom stereocenters. The van der Waals surface area contributed by atoms with E-state index < -0.39 is 5.91 Å². The summed E-state index contributed by atoms with van der Waals surface area (Å²) >= 11 is 7.83. The fourth-order valence-electron chi connectivity index (χ4n) is 2.64. The molecule has 7 heteroatoms. The van der Waals surface area contributed by atoms with E-state index >= 15 is 0 Å². The van der Waals surface area contributed by atoms with E-state index in [2.05, 4.69) is 5.32 Å². The third kappa shape index (κ3) is 4.46. The van der Waals surface area contributed by atoms with E-state index in [0.29, 0.717) is 16.3 Å². The predicted octanol–water partition coefficient (Wildman–Crippen LogP) is 3.17. The molecule has 1 unspecified atom stereocenters. The molecular weight excluding hydrogens is 360 g/mol. The van der Waals surface area contributed by atoms with Crippen LogP contribution in [0.3, 0.4) is 0 Å². The van der Waals surface area contributed by atoms with E-state index in [1.165, 1.54) is 6.07 Å². The number of thioether (sulfide) groups is 1.